The number of benzene rings is 2. The molecule has 9 heteroatoms. The molecule has 5 nitrogen and oxygen atoms in total. The number of pyridine rings is 1. The first kappa shape index (κ1) is 24.7. The van der Waals surface area contributed by atoms with Gasteiger partial charge in [-0.15, -0.1) is 0 Å². The molecule has 0 saturated heterocycles. The highest BCUT2D eigenvalue weighted by atomic mass is 19.4. The molecule has 1 aromatic heterocycles. The Hall–Kier alpha value is -3.46. The van der Waals surface area contributed by atoms with E-state index in [1.165, 1.54) is 6.20 Å². The topological polar surface area (TPSA) is 48.5 Å². The van der Waals surface area contributed by atoms with Crippen molar-refractivity contribution in [2.75, 3.05) is 43.9 Å². The second-order valence-corrected chi connectivity index (χ2v) is 8.81. The van der Waals surface area contributed by atoms with E-state index in [9.17, 15) is 22.4 Å². The molecular weight excluding hydrogens is 460 g/mol. The normalized spacial score (nSPS) is 13.0. The number of carbonyl (C=O) groups is 1. The molecule has 0 spiro atoms. The summed E-state index contributed by atoms with van der Waals surface area (Å²) < 4.78 is 53.2. The fourth-order valence-electron chi connectivity index (χ4n) is 4.18. The van der Waals surface area contributed by atoms with Gasteiger partial charge in [-0.2, -0.15) is 13.2 Å². The molecule has 1 aliphatic heterocycles. The SMILES string of the molecule is CN(C)CCN(C(=O)c1cccc2c1CCN2)c1cc(Cc2cc(F)cc(C(F)(F)F)c2)ccn1. The minimum absolute atomic E-state index is 0.0662. The average Bonchev–Trinajstić information content (AvgIpc) is 3.27. The smallest absolute Gasteiger partial charge is 0.384 e. The second kappa shape index (κ2) is 10.0. The summed E-state index contributed by atoms with van der Waals surface area (Å²) in [6, 6.07) is 11.4. The highest BCUT2D eigenvalue weighted by Crippen LogP contribution is 2.31. The van der Waals surface area contributed by atoms with Gasteiger partial charge in [-0.3, -0.25) is 9.69 Å². The van der Waals surface area contributed by atoms with Gasteiger partial charge < -0.3 is 10.2 Å². The van der Waals surface area contributed by atoms with E-state index in [-0.39, 0.29) is 17.9 Å². The van der Waals surface area contributed by atoms with Crippen molar-refractivity contribution in [1.29, 1.82) is 0 Å². The number of carbonyl (C=O) groups excluding carboxylic acids is 1. The van der Waals surface area contributed by atoms with E-state index in [4.69, 9.17) is 0 Å². The van der Waals surface area contributed by atoms with E-state index in [1.807, 2.05) is 31.1 Å². The minimum Gasteiger partial charge on any atom is -0.384 e. The molecule has 0 bridgehead atoms. The second-order valence-electron chi connectivity index (χ2n) is 8.81. The molecule has 1 aliphatic rings. The zero-order valence-corrected chi connectivity index (χ0v) is 19.5. The number of rotatable bonds is 7. The molecule has 0 unspecified atom stereocenters. The molecular formula is C26H26F4N4O. The van der Waals surface area contributed by atoms with Gasteiger partial charge in [0.15, 0.2) is 0 Å². The highest BCUT2D eigenvalue weighted by Gasteiger charge is 2.31. The van der Waals surface area contributed by atoms with Crippen LogP contribution in [0.2, 0.25) is 0 Å². The van der Waals surface area contributed by atoms with Gasteiger partial charge in [0.05, 0.1) is 5.56 Å². The van der Waals surface area contributed by atoms with Crippen LogP contribution in [0.15, 0.2) is 54.7 Å². The van der Waals surface area contributed by atoms with Crippen molar-refractivity contribution in [1.82, 2.24) is 9.88 Å². The number of anilines is 2. The molecule has 1 N–H and O–H groups in total. The summed E-state index contributed by atoms with van der Waals surface area (Å²) in [5.74, 6) is -0.744. The van der Waals surface area contributed by atoms with Crippen molar-refractivity contribution in [3.63, 3.8) is 0 Å². The van der Waals surface area contributed by atoms with E-state index in [1.54, 1.807) is 23.1 Å². The lowest BCUT2D eigenvalue weighted by molar-refractivity contribution is -0.137. The summed E-state index contributed by atoms with van der Waals surface area (Å²) in [6.07, 6.45) is -2.31. The summed E-state index contributed by atoms with van der Waals surface area (Å²) in [5.41, 5.74) is 2.28. The molecule has 2 heterocycles. The van der Waals surface area contributed by atoms with E-state index in [2.05, 4.69) is 10.3 Å². The lowest BCUT2D eigenvalue weighted by Gasteiger charge is -2.25. The molecule has 4 rings (SSSR count). The van der Waals surface area contributed by atoms with Crippen LogP contribution in [0.3, 0.4) is 0 Å². The monoisotopic (exact) mass is 486 g/mol. The molecule has 35 heavy (non-hydrogen) atoms. The van der Waals surface area contributed by atoms with Crippen molar-refractivity contribution in [2.45, 2.75) is 19.0 Å². The molecule has 3 aromatic rings. The molecule has 184 valence electrons. The molecule has 0 radical (unpaired) electrons. The van der Waals surface area contributed by atoms with Gasteiger partial charge in [0, 0.05) is 37.1 Å². The number of halogens is 4. The number of hydrogen-bond acceptors (Lipinski definition) is 4. The number of likely N-dealkylation sites (N-methyl/N-ethyl adjacent to an activating group) is 1. The lowest BCUT2D eigenvalue weighted by Crippen LogP contribution is -2.37. The lowest BCUT2D eigenvalue weighted by atomic mass is 10.0. The van der Waals surface area contributed by atoms with Gasteiger partial charge in [0.1, 0.15) is 11.6 Å². The predicted octanol–water partition coefficient (Wildman–Crippen LogP) is 5.01. The summed E-state index contributed by atoms with van der Waals surface area (Å²) in [5, 5.41) is 3.28. The van der Waals surface area contributed by atoms with E-state index in [0.717, 1.165) is 36.3 Å². The number of hydrogen-bond donors (Lipinski definition) is 1. The molecule has 0 atom stereocenters. The third-order valence-corrected chi connectivity index (χ3v) is 5.89. The summed E-state index contributed by atoms with van der Waals surface area (Å²) in [4.78, 5) is 21.6. The molecule has 1 amide bonds. The number of nitrogens with one attached hydrogen (secondary N) is 1. The van der Waals surface area contributed by atoms with Gasteiger partial charge in [0.25, 0.3) is 5.91 Å². The van der Waals surface area contributed by atoms with Crippen LogP contribution >= 0.6 is 0 Å². The number of aromatic nitrogens is 1. The van der Waals surface area contributed by atoms with Crippen LogP contribution in [-0.2, 0) is 19.0 Å². The van der Waals surface area contributed by atoms with E-state index < -0.39 is 17.6 Å². The van der Waals surface area contributed by atoms with Crippen LogP contribution in [0.5, 0.6) is 0 Å². The largest absolute Gasteiger partial charge is 0.416 e. The molecule has 0 aliphatic carbocycles. The molecule has 0 saturated carbocycles. The number of nitrogens with zero attached hydrogens (tertiary/aromatic N) is 3. The third-order valence-electron chi connectivity index (χ3n) is 5.89. The van der Waals surface area contributed by atoms with Gasteiger partial charge in [-0.05, 0) is 86.1 Å². The first-order chi connectivity index (χ1) is 16.6. The van der Waals surface area contributed by atoms with Crippen molar-refractivity contribution in [2.24, 2.45) is 0 Å². The van der Waals surface area contributed by atoms with Crippen LogP contribution in [0.4, 0.5) is 29.1 Å². The Bertz CT molecular complexity index is 1230. The standard InChI is InChI=1S/C26H26F4N4O/c1-33(2)10-11-34(25(35)22-4-3-5-23-21(22)7-9-31-23)24-15-17(6-8-32-24)12-18-13-19(26(28,29)30)16-20(27)14-18/h3-6,8,13-16,31H,7,9-12H2,1-2H3. The number of alkyl halides is 3. The Morgan fingerprint density at radius 1 is 1.06 bits per heavy atom. The first-order valence-corrected chi connectivity index (χ1v) is 11.3. The van der Waals surface area contributed by atoms with Crippen LogP contribution in [0, 0.1) is 5.82 Å². The van der Waals surface area contributed by atoms with Crippen molar-refractivity contribution >= 4 is 17.4 Å². The van der Waals surface area contributed by atoms with Crippen LogP contribution < -0.4 is 10.2 Å². The Balaban J connectivity index is 1.66. The first-order valence-electron chi connectivity index (χ1n) is 11.3. The van der Waals surface area contributed by atoms with Gasteiger partial charge in [-0.25, -0.2) is 9.37 Å². The Labute approximate surface area is 201 Å². The number of amides is 1. The Kier molecular flexibility index (Phi) is 7.07. The zero-order chi connectivity index (χ0) is 25.2. The van der Waals surface area contributed by atoms with Gasteiger partial charge >= 0.3 is 6.18 Å². The average molecular weight is 487 g/mol. The zero-order valence-electron chi connectivity index (χ0n) is 19.5. The van der Waals surface area contributed by atoms with Gasteiger partial charge in [0.2, 0.25) is 0 Å². The fraction of sp³-hybridized carbons (Fsp3) is 0.308. The van der Waals surface area contributed by atoms with Crippen LogP contribution in [0.1, 0.15) is 32.6 Å². The Morgan fingerprint density at radius 2 is 1.86 bits per heavy atom. The summed E-state index contributed by atoms with van der Waals surface area (Å²) >= 11 is 0. The summed E-state index contributed by atoms with van der Waals surface area (Å²) in [6.45, 7) is 1.72. The summed E-state index contributed by atoms with van der Waals surface area (Å²) in [7, 11) is 3.80. The Morgan fingerprint density at radius 3 is 2.60 bits per heavy atom. The fourth-order valence-corrected chi connectivity index (χ4v) is 4.18. The maximum absolute atomic E-state index is 13.9. The number of fused-ring (bicyclic) bond motifs is 1. The van der Waals surface area contributed by atoms with Crippen LogP contribution in [-0.4, -0.2) is 49.5 Å². The molecule has 0 fully saturated rings. The van der Waals surface area contributed by atoms with E-state index in [0.29, 0.717) is 36.1 Å². The third kappa shape index (κ3) is 5.79. The van der Waals surface area contributed by atoms with Crippen LogP contribution in [0.25, 0.3) is 0 Å². The van der Waals surface area contributed by atoms with E-state index >= 15 is 0 Å². The van der Waals surface area contributed by atoms with Crippen molar-refractivity contribution in [3.05, 3.63) is 88.4 Å². The van der Waals surface area contributed by atoms with Gasteiger partial charge in [-0.1, -0.05) is 6.07 Å². The predicted molar refractivity (Wildman–Crippen MR) is 127 cm³/mol. The van der Waals surface area contributed by atoms with Crippen molar-refractivity contribution < 1.29 is 22.4 Å². The quantitative estimate of drug-likeness (QED) is 0.477. The highest BCUT2D eigenvalue weighted by molar-refractivity contribution is 6.07. The van der Waals surface area contributed by atoms with Crippen molar-refractivity contribution in [3.8, 4) is 0 Å². The maximum Gasteiger partial charge on any atom is 0.416 e. The maximum atomic E-state index is 13.9. The molecule has 2 aromatic carbocycles. The minimum atomic E-state index is -4.64.